The predicted octanol–water partition coefficient (Wildman–Crippen LogP) is 4.87. The number of rotatable bonds is 4. The van der Waals surface area contributed by atoms with Crippen LogP contribution in [0.3, 0.4) is 0 Å². The van der Waals surface area contributed by atoms with Crippen LogP contribution >= 0.6 is 27.5 Å². The molecule has 94 valence electrons. The van der Waals surface area contributed by atoms with Crippen LogP contribution in [0.2, 0.25) is 5.02 Å². The SMILES string of the molecule is CN(Cc1ccc(Cl)cc1)c1ccccc1CBr. The highest BCUT2D eigenvalue weighted by molar-refractivity contribution is 9.08. The Morgan fingerprint density at radius 1 is 1.06 bits per heavy atom. The number of anilines is 1. The highest BCUT2D eigenvalue weighted by Gasteiger charge is 2.06. The number of benzene rings is 2. The van der Waals surface area contributed by atoms with Gasteiger partial charge in [0.25, 0.3) is 0 Å². The molecule has 0 amide bonds. The van der Waals surface area contributed by atoms with Crippen LogP contribution in [0.15, 0.2) is 48.5 Å². The van der Waals surface area contributed by atoms with Crippen molar-refractivity contribution in [2.24, 2.45) is 0 Å². The summed E-state index contributed by atoms with van der Waals surface area (Å²) in [5.74, 6) is 0. The van der Waals surface area contributed by atoms with E-state index in [0.717, 1.165) is 16.9 Å². The first-order chi connectivity index (χ1) is 8.70. The van der Waals surface area contributed by atoms with Gasteiger partial charge in [-0.2, -0.15) is 0 Å². The molecule has 2 aromatic carbocycles. The maximum absolute atomic E-state index is 5.89. The van der Waals surface area contributed by atoms with Crippen molar-refractivity contribution in [2.75, 3.05) is 11.9 Å². The fourth-order valence-electron chi connectivity index (χ4n) is 1.95. The van der Waals surface area contributed by atoms with Gasteiger partial charge in [-0.1, -0.05) is 57.9 Å². The van der Waals surface area contributed by atoms with E-state index in [1.807, 2.05) is 12.1 Å². The molecule has 0 heterocycles. The summed E-state index contributed by atoms with van der Waals surface area (Å²) >= 11 is 9.42. The number of alkyl halides is 1. The lowest BCUT2D eigenvalue weighted by molar-refractivity contribution is 0.917. The number of hydrogen-bond donors (Lipinski definition) is 0. The van der Waals surface area contributed by atoms with Crippen LogP contribution in [0.5, 0.6) is 0 Å². The fourth-order valence-corrected chi connectivity index (χ4v) is 2.55. The molecule has 0 saturated heterocycles. The highest BCUT2D eigenvalue weighted by atomic mass is 79.9. The molecule has 0 bridgehead atoms. The second-order valence-corrected chi connectivity index (χ2v) is 5.24. The lowest BCUT2D eigenvalue weighted by atomic mass is 10.1. The monoisotopic (exact) mass is 323 g/mol. The maximum atomic E-state index is 5.89. The normalized spacial score (nSPS) is 10.4. The van der Waals surface area contributed by atoms with Crippen molar-refractivity contribution in [1.29, 1.82) is 0 Å². The second kappa shape index (κ2) is 6.26. The number of para-hydroxylation sites is 1. The van der Waals surface area contributed by atoms with Crippen LogP contribution in [-0.4, -0.2) is 7.05 Å². The van der Waals surface area contributed by atoms with E-state index in [1.165, 1.54) is 16.8 Å². The van der Waals surface area contributed by atoms with Crippen molar-refractivity contribution in [3.05, 3.63) is 64.7 Å². The van der Waals surface area contributed by atoms with Crippen LogP contribution in [0.1, 0.15) is 11.1 Å². The van der Waals surface area contributed by atoms with Crippen molar-refractivity contribution >= 4 is 33.2 Å². The van der Waals surface area contributed by atoms with Crippen LogP contribution < -0.4 is 4.90 Å². The van der Waals surface area contributed by atoms with Crippen molar-refractivity contribution in [1.82, 2.24) is 0 Å². The number of nitrogens with zero attached hydrogens (tertiary/aromatic N) is 1. The Hall–Kier alpha value is -0.990. The fraction of sp³-hybridized carbons (Fsp3) is 0.200. The minimum atomic E-state index is 0.780. The van der Waals surface area contributed by atoms with E-state index >= 15 is 0 Å². The molecule has 0 spiro atoms. The molecule has 0 radical (unpaired) electrons. The van der Waals surface area contributed by atoms with E-state index < -0.39 is 0 Å². The third-order valence-corrected chi connectivity index (χ3v) is 3.74. The second-order valence-electron chi connectivity index (χ2n) is 4.24. The van der Waals surface area contributed by atoms with Gasteiger partial charge in [0.15, 0.2) is 0 Å². The van der Waals surface area contributed by atoms with Gasteiger partial charge in [0.1, 0.15) is 0 Å². The van der Waals surface area contributed by atoms with Crippen LogP contribution in [0.4, 0.5) is 5.69 Å². The molecule has 18 heavy (non-hydrogen) atoms. The summed E-state index contributed by atoms with van der Waals surface area (Å²) in [6, 6.07) is 16.4. The van der Waals surface area contributed by atoms with Gasteiger partial charge in [-0.15, -0.1) is 0 Å². The van der Waals surface area contributed by atoms with Gasteiger partial charge in [0.05, 0.1) is 0 Å². The molecule has 0 unspecified atom stereocenters. The lowest BCUT2D eigenvalue weighted by Gasteiger charge is -2.22. The van der Waals surface area contributed by atoms with E-state index in [9.17, 15) is 0 Å². The van der Waals surface area contributed by atoms with E-state index in [0.29, 0.717) is 0 Å². The minimum absolute atomic E-state index is 0.780. The maximum Gasteiger partial charge on any atom is 0.0426 e. The first kappa shape index (κ1) is 13.4. The zero-order chi connectivity index (χ0) is 13.0. The Kier molecular flexibility index (Phi) is 4.67. The van der Waals surface area contributed by atoms with Gasteiger partial charge in [-0.3, -0.25) is 0 Å². The minimum Gasteiger partial charge on any atom is -0.370 e. The molecule has 0 aliphatic heterocycles. The molecule has 0 aliphatic rings. The van der Waals surface area contributed by atoms with Crippen molar-refractivity contribution in [3.63, 3.8) is 0 Å². The number of halogens is 2. The van der Waals surface area contributed by atoms with Crippen LogP contribution in [-0.2, 0) is 11.9 Å². The van der Waals surface area contributed by atoms with Gasteiger partial charge in [-0.05, 0) is 29.3 Å². The summed E-state index contributed by atoms with van der Waals surface area (Å²) in [5.41, 5.74) is 3.81. The van der Waals surface area contributed by atoms with Gasteiger partial charge in [0, 0.05) is 29.6 Å². The summed E-state index contributed by atoms with van der Waals surface area (Å²) in [5, 5.41) is 1.65. The first-order valence-corrected chi connectivity index (χ1v) is 7.30. The summed E-state index contributed by atoms with van der Waals surface area (Å²) in [7, 11) is 2.11. The molecule has 0 saturated carbocycles. The molecule has 0 atom stereocenters. The molecule has 2 rings (SSSR count). The first-order valence-electron chi connectivity index (χ1n) is 5.80. The molecule has 3 heteroatoms. The van der Waals surface area contributed by atoms with Crippen molar-refractivity contribution in [3.8, 4) is 0 Å². The topological polar surface area (TPSA) is 3.24 Å². The molecule has 2 aromatic rings. The summed E-state index contributed by atoms with van der Waals surface area (Å²) < 4.78 is 0. The van der Waals surface area contributed by atoms with Gasteiger partial charge >= 0.3 is 0 Å². The zero-order valence-corrected chi connectivity index (χ0v) is 12.6. The van der Waals surface area contributed by atoms with E-state index in [4.69, 9.17) is 11.6 Å². The predicted molar refractivity (Wildman–Crippen MR) is 82.6 cm³/mol. The smallest absolute Gasteiger partial charge is 0.0426 e. The average molecular weight is 325 g/mol. The van der Waals surface area contributed by atoms with E-state index in [2.05, 4.69) is 64.3 Å². The highest BCUT2D eigenvalue weighted by Crippen LogP contribution is 2.23. The quantitative estimate of drug-likeness (QED) is 0.725. The molecular weight excluding hydrogens is 310 g/mol. The summed E-state index contributed by atoms with van der Waals surface area (Å²) in [6.45, 7) is 0.876. The standard InChI is InChI=1S/C15H15BrClN/c1-18(11-12-6-8-14(17)9-7-12)15-5-3-2-4-13(15)10-16/h2-9H,10-11H2,1H3. The largest absolute Gasteiger partial charge is 0.370 e. The Morgan fingerprint density at radius 2 is 1.72 bits per heavy atom. The number of hydrogen-bond acceptors (Lipinski definition) is 1. The van der Waals surface area contributed by atoms with E-state index in [1.54, 1.807) is 0 Å². The molecule has 0 aromatic heterocycles. The van der Waals surface area contributed by atoms with E-state index in [-0.39, 0.29) is 0 Å². The third kappa shape index (κ3) is 3.27. The lowest BCUT2D eigenvalue weighted by Crippen LogP contribution is -2.17. The van der Waals surface area contributed by atoms with Gasteiger partial charge < -0.3 is 4.90 Å². The van der Waals surface area contributed by atoms with Crippen LogP contribution in [0.25, 0.3) is 0 Å². The van der Waals surface area contributed by atoms with Crippen molar-refractivity contribution < 1.29 is 0 Å². The molecule has 0 N–H and O–H groups in total. The average Bonchev–Trinajstić information content (AvgIpc) is 2.41. The summed E-state index contributed by atoms with van der Waals surface area (Å²) in [6.07, 6.45) is 0. The Morgan fingerprint density at radius 3 is 2.39 bits per heavy atom. The molecular formula is C15H15BrClN. The molecule has 1 nitrogen and oxygen atoms in total. The van der Waals surface area contributed by atoms with Gasteiger partial charge in [0.2, 0.25) is 0 Å². The third-order valence-electron chi connectivity index (χ3n) is 2.88. The van der Waals surface area contributed by atoms with Gasteiger partial charge in [-0.25, -0.2) is 0 Å². The Labute approximate surface area is 122 Å². The van der Waals surface area contributed by atoms with Crippen molar-refractivity contribution in [2.45, 2.75) is 11.9 Å². The molecule has 0 fully saturated rings. The summed E-state index contributed by atoms with van der Waals surface area (Å²) in [4.78, 5) is 2.25. The Bertz CT molecular complexity index is 510. The van der Waals surface area contributed by atoms with Crippen LogP contribution in [0, 0.1) is 0 Å². The molecule has 0 aliphatic carbocycles. The zero-order valence-electron chi connectivity index (χ0n) is 10.2. The Balaban J connectivity index is 2.16.